The molecule has 1 atom stereocenters. The van der Waals surface area contributed by atoms with Gasteiger partial charge < -0.3 is 10.5 Å². The number of ether oxygens (including phenoxy) is 1. The van der Waals surface area contributed by atoms with E-state index >= 15 is 0 Å². The molecule has 2 N–H and O–H groups in total. The van der Waals surface area contributed by atoms with Crippen LogP contribution in [0.2, 0.25) is 0 Å². The van der Waals surface area contributed by atoms with Crippen LogP contribution in [0.5, 0.6) is 5.75 Å². The third kappa shape index (κ3) is 2.65. The van der Waals surface area contributed by atoms with Crippen molar-refractivity contribution >= 4 is 17.5 Å². The van der Waals surface area contributed by atoms with E-state index in [4.69, 9.17) is 10.5 Å². The van der Waals surface area contributed by atoms with Crippen LogP contribution in [0.3, 0.4) is 0 Å². The van der Waals surface area contributed by atoms with Crippen molar-refractivity contribution in [1.82, 2.24) is 0 Å². The molecule has 5 heteroatoms. The average molecular weight is 290 g/mol. The summed E-state index contributed by atoms with van der Waals surface area (Å²) in [6.45, 7) is 6.49. The standard InChI is InChI=1S/C16H22N2O3/c1-11(2)16(3)10-14(19)18(15(16)20)12-6-4-5-7-13(12)21-9-8-17/h4-7,11H,8-10,17H2,1-3H3. The number of hydrogen-bond acceptors (Lipinski definition) is 4. The number of imide groups is 1. The van der Waals surface area contributed by atoms with Gasteiger partial charge in [-0.05, 0) is 25.0 Å². The van der Waals surface area contributed by atoms with Crippen LogP contribution in [0.1, 0.15) is 27.2 Å². The Hall–Kier alpha value is -1.88. The van der Waals surface area contributed by atoms with Crippen molar-refractivity contribution in [3.8, 4) is 5.75 Å². The predicted octanol–water partition coefficient (Wildman–Crippen LogP) is 1.95. The lowest BCUT2D eigenvalue weighted by atomic mass is 9.78. The van der Waals surface area contributed by atoms with Crippen LogP contribution in [0, 0.1) is 11.3 Å². The summed E-state index contributed by atoms with van der Waals surface area (Å²) in [5.41, 5.74) is 5.30. The Balaban J connectivity index is 2.39. The van der Waals surface area contributed by atoms with Gasteiger partial charge in [0.25, 0.3) is 0 Å². The van der Waals surface area contributed by atoms with Gasteiger partial charge in [-0.3, -0.25) is 9.59 Å². The number of anilines is 1. The molecule has 0 saturated carbocycles. The van der Waals surface area contributed by atoms with Gasteiger partial charge in [-0.2, -0.15) is 0 Å². The number of hydrogen-bond donors (Lipinski definition) is 1. The van der Waals surface area contributed by atoms with Gasteiger partial charge in [-0.15, -0.1) is 0 Å². The molecule has 0 bridgehead atoms. The molecule has 0 aromatic heterocycles. The minimum Gasteiger partial charge on any atom is -0.490 e. The fourth-order valence-corrected chi connectivity index (χ4v) is 2.47. The first-order valence-corrected chi connectivity index (χ1v) is 7.21. The summed E-state index contributed by atoms with van der Waals surface area (Å²) < 4.78 is 5.55. The van der Waals surface area contributed by atoms with Gasteiger partial charge in [0, 0.05) is 13.0 Å². The summed E-state index contributed by atoms with van der Waals surface area (Å²) in [5, 5.41) is 0. The number of nitrogens with zero attached hydrogens (tertiary/aromatic N) is 1. The SMILES string of the molecule is CC(C)C1(C)CC(=O)N(c2ccccc2OCCN)C1=O. The van der Waals surface area contributed by atoms with Crippen LogP contribution in [0.4, 0.5) is 5.69 Å². The fraction of sp³-hybridized carbons (Fsp3) is 0.500. The highest BCUT2D eigenvalue weighted by atomic mass is 16.5. The van der Waals surface area contributed by atoms with Crippen LogP contribution in [0.25, 0.3) is 0 Å². The minimum absolute atomic E-state index is 0.0936. The maximum atomic E-state index is 12.7. The molecule has 1 aromatic rings. The highest BCUT2D eigenvalue weighted by Gasteiger charge is 2.51. The summed E-state index contributed by atoms with van der Waals surface area (Å²) in [5.74, 6) is 0.264. The average Bonchev–Trinajstić information content (AvgIpc) is 2.68. The monoisotopic (exact) mass is 290 g/mol. The van der Waals surface area contributed by atoms with Crippen molar-refractivity contribution in [2.24, 2.45) is 17.1 Å². The Morgan fingerprint density at radius 3 is 2.57 bits per heavy atom. The van der Waals surface area contributed by atoms with Crippen molar-refractivity contribution in [1.29, 1.82) is 0 Å². The van der Waals surface area contributed by atoms with Crippen LogP contribution in [-0.4, -0.2) is 25.0 Å². The van der Waals surface area contributed by atoms with Crippen LogP contribution in [0.15, 0.2) is 24.3 Å². The number of benzene rings is 1. The normalized spacial score (nSPS) is 22.2. The summed E-state index contributed by atoms with van der Waals surface area (Å²) in [4.78, 5) is 26.3. The van der Waals surface area contributed by atoms with E-state index in [-0.39, 0.29) is 24.2 Å². The Morgan fingerprint density at radius 2 is 2.00 bits per heavy atom. The predicted molar refractivity (Wildman–Crippen MR) is 81.0 cm³/mol. The van der Waals surface area contributed by atoms with Crippen molar-refractivity contribution in [3.63, 3.8) is 0 Å². The van der Waals surface area contributed by atoms with E-state index in [1.807, 2.05) is 26.8 Å². The molecular weight excluding hydrogens is 268 g/mol. The van der Waals surface area contributed by atoms with Gasteiger partial charge in [-0.1, -0.05) is 26.0 Å². The number of nitrogens with two attached hydrogens (primary N) is 1. The highest BCUT2D eigenvalue weighted by molar-refractivity contribution is 6.23. The molecule has 1 heterocycles. The second kappa shape index (κ2) is 5.85. The molecule has 1 aliphatic heterocycles. The molecule has 1 unspecified atom stereocenters. The zero-order chi connectivity index (χ0) is 15.6. The smallest absolute Gasteiger partial charge is 0.240 e. The minimum atomic E-state index is -0.655. The lowest BCUT2D eigenvalue weighted by molar-refractivity contribution is -0.126. The lowest BCUT2D eigenvalue weighted by Gasteiger charge is -2.26. The van der Waals surface area contributed by atoms with E-state index < -0.39 is 5.41 Å². The van der Waals surface area contributed by atoms with Crippen molar-refractivity contribution in [2.75, 3.05) is 18.1 Å². The second-order valence-electron chi connectivity index (χ2n) is 5.89. The van der Waals surface area contributed by atoms with E-state index in [0.29, 0.717) is 24.6 Å². The lowest BCUT2D eigenvalue weighted by Crippen LogP contribution is -2.37. The van der Waals surface area contributed by atoms with Crippen molar-refractivity contribution in [2.45, 2.75) is 27.2 Å². The Kier molecular flexibility index (Phi) is 4.32. The molecule has 1 aliphatic rings. The zero-order valence-electron chi connectivity index (χ0n) is 12.8. The van der Waals surface area contributed by atoms with Crippen LogP contribution < -0.4 is 15.4 Å². The number of rotatable bonds is 5. The zero-order valence-corrected chi connectivity index (χ0v) is 12.8. The molecule has 5 nitrogen and oxygen atoms in total. The molecule has 2 amide bonds. The van der Waals surface area contributed by atoms with E-state index in [2.05, 4.69) is 0 Å². The van der Waals surface area contributed by atoms with E-state index in [1.54, 1.807) is 18.2 Å². The van der Waals surface area contributed by atoms with Gasteiger partial charge in [-0.25, -0.2) is 4.90 Å². The number of amides is 2. The van der Waals surface area contributed by atoms with E-state index in [0.717, 1.165) is 0 Å². The number of carbonyl (C=O) groups excluding carboxylic acids is 2. The second-order valence-corrected chi connectivity index (χ2v) is 5.89. The first kappa shape index (κ1) is 15.5. The molecule has 0 aliphatic carbocycles. The maximum absolute atomic E-state index is 12.7. The van der Waals surface area contributed by atoms with Crippen LogP contribution in [-0.2, 0) is 9.59 Å². The van der Waals surface area contributed by atoms with Crippen molar-refractivity contribution in [3.05, 3.63) is 24.3 Å². The summed E-state index contributed by atoms with van der Waals surface area (Å²) in [7, 11) is 0. The van der Waals surface area contributed by atoms with E-state index in [1.165, 1.54) is 4.90 Å². The largest absolute Gasteiger partial charge is 0.490 e. The molecule has 114 valence electrons. The first-order chi connectivity index (χ1) is 9.91. The Morgan fingerprint density at radius 1 is 1.33 bits per heavy atom. The van der Waals surface area contributed by atoms with Gasteiger partial charge in [0.1, 0.15) is 12.4 Å². The molecule has 0 spiro atoms. The van der Waals surface area contributed by atoms with Gasteiger partial charge in [0.2, 0.25) is 11.8 Å². The summed E-state index contributed by atoms with van der Waals surface area (Å²) in [6, 6.07) is 7.07. The fourth-order valence-electron chi connectivity index (χ4n) is 2.47. The first-order valence-electron chi connectivity index (χ1n) is 7.21. The molecule has 1 fully saturated rings. The van der Waals surface area contributed by atoms with Gasteiger partial charge in [0.15, 0.2) is 0 Å². The summed E-state index contributed by atoms with van der Waals surface area (Å²) >= 11 is 0. The number of carbonyl (C=O) groups is 2. The molecule has 1 saturated heterocycles. The van der Waals surface area contributed by atoms with Gasteiger partial charge in [0.05, 0.1) is 11.1 Å². The topological polar surface area (TPSA) is 72.6 Å². The molecule has 0 radical (unpaired) electrons. The highest BCUT2D eigenvalue weighted by Crippen LogP contribution is 2.43. The third-order valence-corrected chi connectivity index (χ3v) is 4.22. The number of para-hydroxylation sites is 2. The maximum Gasteiger partial charge on any atom is 0.240 e. The molecule has 21 heavy (non-hydrogen) atoms. The third-order valence-electron chi connectivity index (χ3n) is 4.22. The van der Waals surface area contributed by atoms with E-state index in [9.17, 15) is 9.59 Å². The molecule has 2 rings (SSSR count). The van der Waals surface area contributed by atoms with Crippen LogP contribution >= 0.6 is 0 Å². The molecular formula is C16H22N2O3. The quantitative estimate of drug-likeness (QED) is 0.841. The Bertz CT molecular complexity index is 556. The molecule has 1 aromatic carbocycles. The Labute approximate surface area is 125 Å². The summed E-state index contributed by atoms with van der Waals surface area (Å²) in [6.07, 6.45) is 0.231. The van der Waals surface area contributed by atoms with Gasteiger partial charge >= 0.3 is 0 Å². The van der Waals surface area contributed by atoms with Crippen molar-refractivity contribution < 1.29 is 14.3 Å².